The maximum Gasteiger partial charge on any atom is 0.166 e. The summed E-state index contributed by atoms with van der Waals surface area (Å²) in [5.41, 5.74) is 1.67. The number of thiocarbonyl (C=S) groups is 1. The molecule has 4 bridgehead atoms. The summed E-state index contributed by atoms with van der Waals surface area (Å²) in [5.74, 6) is 2.87. The summed E-state index contributed by atoms with van der Waals surface area (Å²) >= 11 is 12.0. The van der Waals surface area contributed by atoms with Gasteiger partial charge in [-0.2, -0.15) is 0 Å². The quantitative estimate of drug-likeness (QED) is 0.741. The molecule has 0 aromatic heterocycles. The van der Waals surface area contributed by atoms with Gasteiger partial charge in [0.1, 0.15) is 0 Å². The first-order valence-electron chi connectivity index (χ1n) is 9.04. The number of allylic oxidation sites excluding steroid dienone is 1. The van der Waals surface area contributed by atoms with Gasteiger partial charge < -0.3 is 10.6 Å². The molecule has 4 heteroatoms. The molecule has 122 valence electrons. The van der Waals surface area contributed by atoms with E-state index in [0.29, 0.717) is 5.54 Å². The predicted molar refractivity (Wildman–Crippen MR) is 96.0 cm³/mol. The molecule has 5 aliphatic rings. The second kappa shape index (κ2) is 5.98. The number of halogens is 1. The first-order valence-corrected chi connectivity index (χ1v) is 9.83. The molecule has 22 heavy (non-hydrogen) atoms. The molecule has 4 fully saturated rings. The SMILES string of the molecule is S=C(NCC1=C(Cl)CCCC1)NC12CC3CC(CC(C3)C1)C2. The summed E-state index contributed by atoms with van der Waals surface area (Å²) < 4.78 is 0. The molecule has 0 aliphatic heterocycles. The van der Waals surface area contributed by atoms with Crippen molar-refractivity contribution >= 4 is 28.9 Å². The van der Waals surface area contributed by atoms with E-state index in [-0.39, 0.29) is 0 Å². The second-order valence-corrected chi connectivity index (χ2v) is 9.09. The Balaban J connectivity index is 1.34. The van der Waals surface area contributed by atoms with E-state index in [1.807, 2.05) is 0 Å². The Bertz CT molecular complexity index is 464. The van der Waals surface area contributed by atoms with Crippen LogP contribution in [0.25, 0.3) is 0 Å². The van der Waals surface area contributed by atoms with Crippen LogP contribution in [0.15, 0.2) is 10.6 Å². The maximum atomic E-state index is 6.34. The Morgan fingerprint density at radius 3 is 2.23 bits per heavy atom. The molecule has 2 nitrogen and oxygen atoms in total. The lowest BCUT2D eigenvalue weighted by Gasteiger charge is -2.57. The first kappa shape index (κ1) is 15.3. The van der Waals surface area contributed by atoms with Crippen LogP contribution in [-0.4, -0.2) is 17.2 Å². The summed E-state index contributed by atoms with van der Waals surface area (Å²) in [4.78, 5) is 0. The Morgan fingerprint density at radius 1 is 1.05 bits per heavy atom. The van der Waals surface area contributed by atoms with Crippen LogP contribution < -0.4 is 10.6 Å². The van der Waals surface area contributed by atoms with Crippen LogP contribution in [0.1, 0.15) is 64.2 Å². The zero-order chi connectivity index (χ0) is 15.2. The molecule has 5 aliphatic carbocycles. The maximum absolute atomic E-state index is 6.34. The lowest BCUT2D eigenvalue weighted by Crippen LogP contribution is -2.61. The van der Waals surface area contributed by atoms with E-state index in [2.05, 4.69) is 10.6 Å². The minimum Gasteiger partial charge on any atom is -0.359 e. The highest BCUT2D eigenvalue weighted by atomic mass is 35.5. The van der Waals surface area contributed by atoms with Gasteiger partial charge in [0.2, 0.25) is 0 Å². The van der Waals surface area contributed by atoms with E-state index in [1.165, 1.54) is 56.9 Å². The molecule has 0 amide bonds. The second-order valence-electron chi connectivity index (χ2n) is 8.22. The van der Waals surface area contributed by atoms with Crippen LogP contribution in [0.3, 0.4) is 0 Å². The molecule has 0 unspecified atom stereocenters. The third-order valence-corrected chi connectivity index (χ3v) is 7.09. The van der Waals surface area contributed by atoms with Gasteiger partial charge in [-0.1, -0.05) is 11.6 Å². The smallest absolute Gasteiger partial charge is 0.166 e. The zero-order valence-corrected chi connectivity index (χ0v) is 14.9. The molecular formula is C18H27ClN2S. The van der Waals surface area contributed by atoms with E-state index in [9.17, 15) is 0 Å². The van der Waals surface area contributed by atoms with Gasteiger partial charge in [-0.25, -0.2) is 0 Å². The van der Waals surface area contributed by atoms with Crippen LogP contribution in [0, 0.1) is 17.8 Å². The monoisotopic (exact) mass is 338 g/mol. The lowest BCUT2D eigenvalue weighted by molar-refractivity contribution is -0.0101. The fourth-order valence-corrected chi connectivity index (χ4v) is 6.43. The van der Waals surface area contributed by atoms with Gasteiger partial charge in [0, 0.05) is 17.1 Å². The highest BCUT2D eigenvalue weighted by Crippen LogP contribution is 2.55. The van der Waals surface area contributed by atoms with Crippen LogP contribution in [-0.2, 0) is 0 Å². The zero-order valence-electron chi connectivity index (χ0n) is 13.3. The van der Waals surface area contributed by atoms with E-state index in [0.717, 1.165) is 47.3 Å². The summed E-state index contributed by atoms with van der Waals surface area (Å²) in [5, 5.41) is 9.09. The van der Waals surface area contributed by atoms with E-state index in [4.69, 9.17) is 23.8 Å². The van der Waals surface area contributed by atoms with Gasteiger partial charge in [0.15, 0.2) is 5.11 Å². The Morgan fingerprint density at radius 2 is 1.64 bits per heavy atom. The van der Waals surface area contributed by atoms with Crippen molar-refractivity contribution in [2.45, 2.75) is 69.7 Å². The van der Waals surface area contributed by atoms with Crippen molar-refractivity contribution in [1.29, 1.82) is 0 Å². The van der Waals surface area contributed by atoms with Crippen molar-refractivity contribution in [3.63, 3.8) is 0 Å². The Labute approximate surface area is 144 Å². The summed E-state index contributed by atoms with van der Waals surface area (Å²) in [6.07, 6.45) is 13.1. The molecule has 0 heterocycles. The molecule has 0 aromatic rings. The van der Waals surface area contributed by atoms with E-state index >= 15 is 0 Å². The van der Waals surface area contributed by atoms with Crippen LogP contribution >= 0.6 is 23.8 Å². The number of rotatable bonds is 3. The first-order chi connectivity index (χ1) is 10.6. The highest BCUT2D eigenvalue weighted by Gasteiger charge is 2.51. The van der Waals surface area contributed by atoms with Crippen molar-refractivity contribution in [3.8, 4) is 0 Å². The summed E-state index contributed by atoms with van der Waals surface area (Å²) in [6.45, 7) is 0.830. The third-order valence-electron chi connectivity index (χ3n) is 6.39. The standard InChI is InChI=1S/C18H27ClN2S/c19-16-4-2-1-3-15(16)11-20-17(22)21-18-8-12-5-13(9-18)7-14(6-12)10-18/h12-14H,1-11H2,(H2,20,21,22). The molecule has 5 rings (SSSR count). The fourth-order valence-electron chi connectivity index (χ4n) is 5.85. The van der Waals surface area contributed by atoms with Gasteiger partial charge in [0.05, 0.1) is 0 Å². The molecule has 4 saturated carbocycles. The molecular weight excluding hydrogens is 312 g/mol. The van der Waals surface area contributed by atoms with Gasteiger partial charge in [-0.05, 0) is 99.8 Å². The summed E-state index contributed by atoms with van der Waals surface area (Å²) in [7, 11) is 0. The van der Waals surface area contributed by atoms with Crippen molar-refractivity contribution in [2.75, 3.05) is 6.54 Å². The minimum absolute atomic E-state index is 0.309. The number of nitrogens with one attached hydrogen (secondary N) is 2. The Hall–Kier alpha value is -0.280. The van der Waals surface area contributed by atoms with Gasteiger partial charge in [-0.3, -0.25) is 0 Å². The van der Waals surface area contributed by atoms with Gasteiger partial charge >= 0.3 is 0 Å². The van der Waals surface area contributed by atoms with E-state index in [1.54, 1.807) is 0 Å². The highest BCUT2D eigenvalue weighted by molar-refractivity contribution is 7.80. The van der Waals surface area contributed by atoms with Crippen LogP contribution in [0.5, 0.6) is 0 Å². The average Bonchev–Trinajstić information content (AvgIpc) is 2.44. The molecule has 0 spiro atoms. The molecule has 2 N–H and O–H groups in total. The molecule has 0 radical (unpaired) electrons. The third kappa shape index (κ3) is 3.03. The van der Waals surface area contributed by atoms with Gasteiger partial charge in [0.25, 0.3) is 0 Å². The van der Waals surface area contributed by atoms with Crippen molar-refractivity contribution in [1.82, 2.24) is 10.6 Å². The minimum atomic E-state index is 0.309. The van der Waals surface area contributed by atoms with E-state index < -0.39 is 0 Å². The summed E-state index contributed by atoms with van der Waals surface area (Å²) in [6, 6.07) is 0. The number of hydrogen-bond donors (Lipinski definition) is 2. The molecule has 0 aromatic carbocycles. The largest absolute Gasteiger partial charge is 0.359 e. The average molecular weight is 339 g/mol. The van der Waals surface area contributed by atoms with Crippen molar-refractivity contribution in [3.05, 3.63) is 10.6 Å². The normalized spacial score (nSPS) is 40.0. The molecule has 0 atom stereocenters. The Kier molecular flexibility index (Phi) is 4.14. The number of hydrogen-bond acceptors (Lipinski definition) is 1. The lowest BCUT2D eigenvalue weighted by atomic mass is 9.53. The fraction of sp³-hybridized carbons (Fsp3) is 0.833. The van der Waals surface area contributed by atoms with Gasteiger partial charge in [-0.15, -0.1) is 0 Å². The topological polar surface area (TPSA) is 24.1 Å². The molecule has 0 saturated heterocycles. The van der Waals surface area contributed by atoms with Crippen LogP contribution in [0.4, 0.5) is 0 Å². The van der Waals surface area contributed by atoms with Crippen molar-refractivity contribution < 1.29 is 0 Å². The van der Waals surface area contributed by atoms with Crippen molar-refractivity contribution in [2.24, 2.45) is 17.8 Å². The predicted octanol–water partition coefficient (Wildman–Crippen LogP) is 4.49. The van der Waals surface area contributed by atoms with Crippen LogP contribution in [0.2, 0.25) is 0 Å².